The van der Waals surface area contributed by atoms with Gasteiger partial charge in [0.15, 0.2) is 0 Å². The van der Waals surface area contributed by atoms with Crippen LogP contribution in [0, 0.1) is 0 Å². The lowest BCUT2D eigenvalue weighted by Crippen LogP contribution is -2.50. The summed E-state index contributed by atoms with van der Waals surface area (Å²) >= 11 is 3.38. The Morgan fingerprint density at radius 2 is 1.93 bits per heavy atom. The van der Waals surface area contributed by atoms with Gasteiger partial charge in [0.1, 0.15) is 17.1 Å². The Balaban J connectivity index is 0.00000145. The lowest BCUT2D eigenvalue weighted by molar-refractivity contribution is 0.00817. The first-order chi connectivity index (χ1) is 13.6. The van der Waals surface area contributed by atoms with Gasteiger partial charge < -0.3 is 19.5 Å². The number of aryl methyl sites for hydroxylation is 1. The highest BCUT2D eigenvalue weighted by Crippen LogP contribution is 2.28. The molecule has 29 heavy (non-hydrogen) atoms. The third-order valence-corrected chi connectivity index (χ3v) is 4.64. The highest BCUT2D eigenvalue weighted by atomic mass is 79.9. The summed E-state index contributed by atoms with van der Waals surface area (Å²) in [5, 5.41) is 3.05. The van der Waals surface area contributed by atoms with E-state index in [1.807, 2.05) is 46.8 Å². The first kappa shape index (κ1) is 22.9. The normalized spacial score (nSPS) is 13.8. The zero-order valence-corrected chi connectivity index (χ0v) is 19.4. The van der Waals surface area contributed by atoms with Gasteiger partial charge >= 0.3 is 6.09 Å². The molecule has 1 N–H and O–H groups in total. The Bertz CT molecular complexity index is 898. The third-order valence-electron chi connectivity index (χ3n) is 4.20. The number of aromatic nitrogens is 2. The second-order valence-corrected chi connectivity index (χ2v) is 8.59. The van der Waals surface area contributed by atoms with Crippen molar-refractivity contribution < 1.29 is 9.53 Å². The number of carbonyl (C=O) groups excluding carboxylic acids is 1. The molecule has 3 heterocycles. The molecule has 1 fully saturated rings. The van der Waals surface area contributed by atoms with E-state index >= 15 is 0 Å². The smallest absolute Gasteiger partial charge is 0.410 e. The molecular formula is C21H29BrN4O3. The zero-order valence-electron chi connectivity index (χ0n) is 17.8. The van der Waals surface area contributed by atoms with E-state index in [0.29, 0.717) is 24.6 Å². The van der Waals surface area contributed by atoms with Crippen molar-refractivity contribution >= 4 is 33.5 Å². The molecule has 1 saturated heterocycles. The summed E-state index contributed by atoms with van der Waals surface area (Å²) in [4.78, 5) is 30.2. The molecule has 158 valence electrons. The highest BCUT2D eigenvalue weighted by molar-refractivity contribution is 9.10. The van der Waals surface area contributed by atoms with Crippen molar-refractivity contribution in [2.75, 3.05) is 18.4 Å². The molecule has 0 bridgehead atoms. The first-order valence-corrected chi connectivity index (χ1v) is 10.5. The lowest BCUT2D eigenvalue weighted by atomic mass is 9.93. The van der Waals surface area contributed by atoms with Crippen LogP contribution in [0.3, 0.4) is 0 Å². The van der Waals surface area contributed by atoms with Crippen molar-refractivity contribution in [2.24, 2.45) is 7.05 Å². The van der Waals surface area contributed by atoms with Gasteiger partial charge in [0.05, 0.1) is 0 Å². The first-order valence-electron chi connectivity index (χ1n) is 9.69. The van der Waals surface area contributed by atoms with Gasteiger partial charge in [-0.3, -0.25) is 4.79 Å². The Morgan fingerprint density at radius 3 is 2.48 bits per heavy atom. The van der Waals surface area contributed by atoms with E-state index in [1.54, 1.807) is 30.4 Å². The van der Waals surface area contributed by atoms with Crippen molar-refractivity contribution in [2.45, 2.75) is 46.1 Å². The van der Waals surface area contributed by atoms with Gasteiger partial charge in [-0.25, -0.2) is 9.78 Å². The molecule has 3 rings (SSSR count). The second kappa shape index (κ2) is 9.43. The van der Waals surface area contributed by atoms with Crippen LogP contribution in [0.25, 0.3) is 0 Å². The van der Waals surface area contributed by atoms with Crippen molar-refractivity contribution in [3.05, 3.63) is 51.0 Å². The van der Waals surface area contributed by atoms with Crippen LogP contribution in [-0.4, -0.2) is 39.2 Å². The molecule has 0 aliphatic carbocycles. The zero-order chi connectivity index (χ0) is 21.8. The van der Waals surface area contributed by atoms with Crippen LogP contribution < -0.4 is 10.9 Å². The highest BCUT2D eigenvalue weighted by Gasteiger charge is 2.34. The number of likely N-dealkylation sites (tertiary alicyclic amines) is 1. The van der Waals surface area contributed by atoms with Crippen molar-refractivity contribution in [1.29, 1.82) is 0 Å². The van der Waals surface area contributed by atoms with Crippen LogP contribution in [-0.2, 0) is 11.8 Å². The van der Waals surface area contributed by atoms with Gasteiger partial charge in [-0.05, 0) is 54.4 Å². The molecule has 0 radical (unpaired) electrons. The molecule has 0 spiro atoms. The molecule has 1 aliphatic heterocycles. The van der Waals surface area contributed by atoms with Crippen LogP contribution in [0.4, 0.5) is 16.3 Å². The molecule has 0 unspecified atom stereocenters. The Kier molecular flexibility index (Phi) is 7.46. The molecule has 8 heteroatoms. The number of hydrogen-bond acceptors (Lipinski definition) is 5. The number of anilines is 2. The van der Waals surface area contributed by atoms with E-state index < -0.39 is 5.60 Å². The van der Waals surface area contributed by atoms with Crippen LogP contribution >= 0.6 is 15.9 Å². The van der Waals surface area contributed by atoms with Crippen LogP contribution in [0.1, 0.15) is 46.1 Å². The summed E-state index contributed by atoms with van der Waals surface area (Å²) in [6.07, 6.45) is 3.20. The molecule has 0 aromatic carbocycles. The van der Waals surface area contributed by atoms with Crippen molar-refractivity contribution in [3.8, 4) is 0 Å². The number of carbonyl (C=O) groups is 1. The molecule has 2 aromatic heterocycles. The molecule has 1 aliphatic rings. The van der Waals surface area contributed by atoms with E-state index in [2.05, 4.69) is 26.2 Å². The average molecular weight is 465 g/mol. The maximum absolute atomic E-state index is 12.2. The maximum Gasteiger partial charge on any atom is 0.410 e. The lowest BCUT2D eigenvalue weighted by Gasteiger charge is -2.39. The summed E-state index contributed by atoms with van der Waals surface area (Å²) in [5.74, 6) is 0.843. The molecule has 7 nitrogen and oxygen atoms in total. The van der Waals surface area contributed by atoms with Crippen LogP contribution in [0.5, 0.6) is 0 Å². The number of hydrogen-bond donors (Lipinski definition) is 1. The predicted octanol–water partition coefficient (Wildman–Crippen LogP) is 4.65. The van der Waals surface area contributed by atoms with E-state index in [0.717, 1.165) is 10.0 Å². The summed E-state index contributed by atoms with van der Waals surface area (Å²) in [5.41, 5.74) is 0.894. The standard InChI is InChI=1S/C19H23BrN4O3.C2H6/c1-19(2,3)27-18(26)24-9-13(10-24)12-5-6-16(21-8-12)22-15-7-14(20)11-23(4)17(15)25;1-2/h5-8,11,13H,9-10H2,1-4H3,(H,21,22);1-2H3. The van der Waals surface area contributed by atoms with Gasteiger partial charge in [0.2, 0.25) is 0 Å². The molecule has 0 atom stereocenters. The number of pyridine rings is 2. The quantitative estimate of drug-likeness (QED) is 0.715. The number of amides is 1. The minimum atomic E-state index is -0.486. The summed E-state index contributed by atoms with van der Waals surface area (Å²) in [7, 11) is 1.70. The molecular weight excluding hydrogens is 436 g/mol. The largest absolute Gasteiger partial charge is 0.444 e. The fourth-order valence-corrected chi connectivity index (χ4v) is 3.32. The monoisotopic (exact) mass is 464 g/mol. The summed E-state index contributed by atoms with van der Waals surface area (Å²) < 4.78 is 7.67. The number of ether oxygens (including phenoxy) is 1. The van der Waals surface area contributed by atoms with Gasteiger partial charge in [-0.1, -0.05) is 19.9 Å². The minimum Gasteiger partial charge on any atom is -0.444 e. The van der Waals surface area contributed by atoms with Gasteiger partial charge in [0.25, 0.3) is 5.56 Å². The second-order valence-electron chi connectivity index (χ2n) is 7.67. The number of halogens is 1. The van der Waals surface area contributed by atoms with Gasteiger partial charge in [-0.15, -0.1) is 0 Å². The van der Waals surface area contributed by atoms with E-state index in [-0.39, 0.29) is 17.6 Å². The maximum atomic E-state index is 12.2. The summed E-state index contributed by atoms with van der Waals surface area (Å²) in [6.45, 7) is 10.8. The molecule has 2 aromatic rings. The Hall–Kier alpha value is -2.35. The van der Waals surface area contributed by atoms with Gasteiger partial charge in [-0.2, -0.15) is 0 Å². The number of rotatable bonds is 3. The van der Waals surface area contributed by atoms with E-state index in [4.69, 9.17) is 4.74 Å². The van der Waals surface area contributed by atoms with Crippen molar-refractivity contribution in [1.82, 2.24) is 14.5 Å². The Morgan fingerprint density at radius 1 is 1.28 bits per heavy atom. The fraction of sp³-hybridized carbons (Fsp3) is 0.476. The number of nitrogens with one attached hydrogen (secondary N) is 1. The van der Waals surface area contributed by atoms with Crippen LogP contribution in [0.2, 0.25) is 0 Å². The number of nitrogens with zero attached hydrogens (tertiary/aromatic N) is 3. The Labute approximate surface area is 180 Å². The average Bonchev–Trinajstić information content (AvgIpc) is 2.59. The molecule has 0 saturated carbocycles. The van der Waals surface area contributed by atoms with Crippen molar-refractivity contribution in [3.63, 3.8) is 0 Å². The van der Waals surface area contributed by atoms with Crippen LogP contribution in [0.15, 0.2) is 39.9 Å². The topological polar surface area (TPSA) is 76.5 Å². The predicted molar refractivity (Wildman–Crippen MR) is 119 cm³/mol. The van der Waals surface area contributed by atoms with E-state index in [1.165, 1.54) is 4.57 Å². The summed E-state index contributed by atoms with van der Waals surface area (Å²) in [6, 6.07) is 5.53. The fourth-order valence-electron chi connectivity index (χ4n) is 2.78. The minimum absolute atomic E-state index is 0.129. The van der Waals surface area contributed by atoms with Gasteiger partial charge in [0, 0.05) is 42.9 Å². The third kappa shape index (κ3) is 6.06. The van der Waals surface area contributed by atoms with E-state index in [9.17, 15) is 9.59 Å². The molecule has 1 amide bonds. The SMILES string of the molecule is CC.Cn1cc(Br)cc(Nc2ccc(C3CN(C(=O)OC(C)(C)C)C3)cn2)c1=O.